The van der Waals surface area contributed by atoms with E-state index in [0.717, 1.165) is 37.6 Å². The quantitative estimate of drug-likeness (QED) is 0.288. The van der Waals surface area contributed by atoms with E-state index in [1.54, 1.807) is 12.3 Å². The number of fused-ring (bicyclic) bond motifs is 1. The van der Waals surface area contributed by atoms with E-state index in [9.17, 15) is 18.7 Å². The molecule has 0 bridgehead atoms. The van der Waals surface area contributed by atoms with Crippen molar-refractivity contribution in [2.75, 3.05) is 19.7 Å². The molecule has 0 aliphatic carbocycles. The molecule has 2 aliphatic rings. The molecular weight excluding hydrogens is 542 g/mol. The van der Waals surface area contributed by atoms with Gasteiger partial charge in [-0.25, -0.2) is 18.6 Å². The van der Waals surface area contributed by atoms with Gasteiger partial charge in [0.1, 0.15) is 17.9 Å². The topological polar surface area (TPSA) is 89.7 Å². The number of carboxylic acids is 1. The number of halogens is 3. The molecule has 8 nitrogen and oxygen atoms in total. The van der Waals surface area contributed by atoms with Gasteiger partial charge in [0.25, 0.3) is 0 Å². The summed E-state index contributed by atoms with van der Waals surface area (Å²) in [6.07, 6.45) is 3.54. The molecule has 0 unspecified atom stereocenters. The first kappa shape index (κ1) is 26.6. The maximum absolute atomic E-state index is 14.9. The van der Waals surface area contributed by atoms with Gasteiger partial charge in [0.15, 0.2) is 17.4 Å². The fraction of sp³-hybridized carbons (Fsp3) is 0.345. The van der Waals surface area contributed by atoms with Gasteiger partial charge in [0.2, 0.25) is 0 Å². The van der Waals surface area contributed by atoms with E-state index in [4.69, 9.17) is 21.1 Å². The lowest BCUT2D eigenvalue weighted by molar-refractivity contribution is -0.0591. The van der Waals surface area contributed by atoms with Crippen molar-refractivity contribution in [1.82, 2.24) is 19.4 Å². The van der Waals surface area contributed by atoms with Crippen LogP contribution >= 0.6 is 11.6 Å². The molecule has 11 heteroatoms. The summed E-state index contributed by atoms with van der Waals surface area (Å²) in [4.78, 5) is 22.8. The monoisotopic (exact) mass is 568 g/mol. The van der Waals surface area contributed by atoms with Gasteiger partial charge in [-0.3, -0.25) is 9.88 Å². The van der Waals surface area contributed by atoms with Crippen LogP contribution in [0.4, 0.5) is 8.78 Å². The minimum atomic E-state index is -1.18. The molecule has 2 atom stereocenters. The average Bonchev–Trinajstić information content (AvgIpc) is 3.51. The highest BCUT2D eigenvalue weighted by molar-refractivity contribution is 6.30. The smallest absolute Gasteiger partial charge is 0.335 e. The summed E-state index contributed by atoms with van der Waals surface area (Å²) >= 11 is 5.81. The molecular formula is C29H27ClF2N4O4. The Morgan fingerprint density at radius 1 is 1.15 bits per heavy atom. The molecule has 4 aromatic rings. The van der Waals surface area contributed by atoms with Crippen molar-refractivity contribution in [3.8, 4) is 5.75 Å². The van der Waals surface area contributed by atoms with Gasteiger partial charge in [-0.2, -0.15) is 0 Å². The molecule has 2 aromatic carbocycles. The number of hydrogen-bond donors (Lipinski definition) is 1. The summed E-state index contributed by atoms with van der Waals surface area (Å²) in [6.45, 7) is 3.38. The Hall–Kier alpha value is -3.60. The summed E-state index contributed by atoms with van der Waals surface area (Å²) in [5.74, 6) is -1.31. The van der Waals surface area contributed by atoms with Crippen molar-refractivity contribution < 1.29 is 28.2 Å². The number of imidazole rings is 1. The van der Waals surface area contributed by atoms with Gasteiger partial charge >= 0.3 is 5.97 Å². The largest absolute Gasteiger partial charge is 0.484 e. The molecule has 2 aliphatic heterocycles. The number of aromatic carboxylic acids is 1. The lowest BCUT2D eigenvalue weighted by atomic mass is 9.99. The normalized spacial score (nSPS) is 19.2. The SMILES string of the molecule is O=C(O)c1cc(F)c2nc(CN3CC[C@H](c4ccnc(COc5ccc(Cl)cc5F)c4)C3)n(C[C@@H]3CCO3)c2c1. The van der Waals surface area contributed by atoms with Crippen LogP contribution in [0.5, 0.6) is 5.75 Å². The van der Waals surface area contributed by atoms with Crippen LogP contribution in [0.3, 0.4) is 0 Å². The first-order valence-electron chi connectivity index (χ1n) is 13.1. The molecule has 2 aromatic heterocycles. The van der Waals surface area contributed by atoms with Gasteiger partial charge in [-0.15, -0.1) is 0 Å². The number of nitrogens with zero attached hydrogens (tertiary/aromatic N) is 4. The van der Waals surface area contributed by atoms with Crippen LogP contribution in [0, 0.1) is 11.6 Å². The fourth-order valence-electron chi connectivity index (χ4n) is 5.33. The van der Waals surface area contributed by atoms with E-state index in [2.05, 4.69) is 14.9 Å². The second-order valence-electron chi connectivity index (χ2n) is 10.2. The van der Waals surface area contributed by atoms with Gasteiger partial charge in [-0.05, 0) is 73.3 Å². The van der Waals surface area contributed by atoms with Crippen LogP contribution in [-0.4, -0.2) is 56.3 Å². The molecule has 2 saturated heterocycles. The molecule has 0 spiro atoms. The number of hydrogen-bond acceptors (Lipinski definition) is 6. The summed E-state index contributed by atoms with van der Waals surface area (Å²) in [5, 5.41) is 9.75. The first-order valence-corrected chi connectivity index (χ1v) is 13.5. The number of pyridine rings is 1. The zero-order valence-electron chi connectivity index (χ0n) is 21.5. The highest BCUT2D eigenvalue weighted by Crippen LogP contribution is 2.31. The molecule has 6 rings (SSSR count). The Balaban J connectivity index is 1.17. The zero-order chi connectivity index (χ0) is 27.8. The second-order valence-corrected chi connectivity index (χ2v) is 10.7. The lowest BCUT2D eigenvalue weighted by Gasteiger charge is -2.28. The fourth-order valence-corrected chi connectivity index (χ4v) is 5.49. The first-order chi connectivity index (χ1) is 19.3. The minimum Gasteiger partial charge on any atom is -0.484 e. The number of ether oxygens (including phenoxy) is 2. The van der Waals surface area contributed by atoms with Gasteiger partial charge in [0.05, 0.1) is 36.0 Å². The minimum absolute atomic E-state index is 0.00201. The Morgan fingerprint density at radius 3 is 2.75 bits per heavy atom. The number of benzene rings is 2. The molecule has 0 saturated carbocycles. The predicted octanol–water partition coefficient (Wildman–Crippen LogP) is 5.42. The van der Waals surface area contributed by atoms with Crippen LogP contribution in [-0.2, 0) is 24.4 Å². The van der Waals surface area contributed by atoms with Gasteiger partial charge in [0, 0.05) is 24.4 Å². The molecule has 1 N–H and O–H groups in total. The van der Waals surface area contributed by atoms with Crippen molar-refractivity contribution in [3.63, 3.8) is 0 Å². The molecule has 0 radical (unpaired) electrons. The van der Waals surface area contributed by atoms with Crippen molar-refractivity contribution >= 4 is 28.6 Å². The standard InChI is InChI=1S/C29H27ClF2N4O4/c30-20-1-2-26(23(31)12-20)40-16-21-9-17(3-6-33-21)18-4-7-35(13-18)15-27-34-28-24(32)10-19(29(37)38)11-25(28)36(27)14-22-5-8-39-22/h1-3,6,9-12,18,22H,4-5,7-8,13-16H2,(H,37,38)/t18-,22-/m0/s1. The summed E-state index contributed by atoms with van der Waals surface area (Å²) in [7, 11) is 0. The summed E-state index contributed by atoms with van der Waals surface area (Å²) in [5.41, 5.74) is 2.34. The average molecular weight is 569 g/mol. The third kappa shape index (κ3) is 5.52. The lowest BCUT2D eigenvalue weighted by Crippen LogP contribution is -2.32. The molecule has 4 heterocycles. The zero-order valence-corrected chi connectivity index (χ0v) is 22.3. The van der Waals surface area contributed by atoms with E-state index in [1.165, 1.54) is 18.2 Å². The Morgan fingerprint density at radius 2 is 2.00 bits per heavy atom. The summed E-state index contributed by atoms with van der Waals surface area (Å²) in [6, 6.07) is 10.7. The Labute approximate surface area is 234 Å². The summed E-state index contributed by atoms with van der Waals surface area (Å²) < 4.78 is 42.1. The van der Waals surface area contributed by atoms with E-state index in [0.29, 0.717) is 41.8 Å². The van der Waals surface area contributed by atoms with Crippen molar-refractivity contribution in [1.29, 1.82) is 0 Å². The number of carbonyl (C=O) groups is 1. The number of rotatable bonds is 9. The Kier molecular flexibility index (Phi) is 7.39. The van der Waals surface area contributed by atoms with Gasteiger partial charge in [-0.1, -0.05) is 11.6 Å². The maximum atomic E-state index is 14.9. The van der Waals surface area contributed by atoms with Crippen LogP contribution in [0.25, 0.3) is 11.0 Å². The highest BCUT2D eigenvalue weighted by Gasteiger charge is 2.28. The van der Waals surface area contributed by atoms with Crippen molar-refractivity contribution in [3.05, 3.63) is 88.0 Å². The third-order valence-corrected chi connectivity index (χ3v) is 7.77. The van der Waals surface area contributed by atoms with E-state index < -0.39 is 17.6 Å². The molecule has 40 heavy (non-hydrogen) atoms. The Bertz CT molecular complexity index is 1580. The number of carboxylic acid groups (broad SMARTS) is 1. The van der Waals surface area contributed by atoms with E-state index >= 15 is 0 Å². The van der Waals surface area contributed by atoms with Crippen molar-refractivity contribution in [2.45, 2.75) is 44.6 Å². The second kappa shape index (κ2) is 11.1. The van der Waals surface area contributed by atoms with E-state index in [-0.39, 0.29) is 35.5 Å². The van der Waals surface area contributed by atoms with Crippen molar-refractivity contribution in [2.24, 2.45) is 0 Å². The third-order valence-electron chi connectivity index (χ3n) is 7.53. The van der Waals surface area contributed by atoms with Gasteiger partial charge < -0.3 is 19.1 Å². The van der Waals surface area contributed by atoms with E-state index in [1.807, 2.05) is 16.7 Å². The van der Waals surface area contributed by atoms with Crippen LogP contribution in [0.2, 0.25) is 5.02 Å². The highest BCUT2D eigenvalue weighted by atomic mass is 35.5. The molecule has 208 valence electrons. The van der Waals surface area contributed by atoms with Crippen LogP contribution in [0.15, 0.2) is 48.7 Å². The van der Waals surface area contributed by atoms with Crippen LogP contribution in [0.1, 0.15) is 46.2 Å². The molecule has 2 fully saturated rings. The number of aromatic nitrogens is 3. The number of likely N-dealkylation sites (tertiary alicyclic amines) is 1. The molecule has 0 amide bonds. The predicted molar refractivity (Wildman–Crippen MR) is 144 cm³/mol. The maximum Gasteiger partial charge on any atom is 0.335 e. The van der Waals surface area contributed by atoms with Crippen LogP contribution < -0.4 is 4.74 Å².